The first-order valence-electron chi connectivity index (χ1n) is 7.80. The van der Waals surface area contributed by atoms with Gasteiger partial charge in [0.15, 0.2) is 0 Å². The molecule has 0 spiro atoms. The number of anilines is 1. The highest BCUT2D eigenvalue weighted by Crippen LogP contribution is 2.37. The lowest BCUT2D eigenvalue weighted by molar-refractivity contribution is 0.199. The third-order valence-corrected chi connectivity index (χ3v) is 4.95. The number of nitrogens with zero attached hydrogens (tertiary/aromatic N) is 1. The molecule has 1 aliphatic carbocycles. The summed E-state index contributed by atoms with van der Waals surface area (Å²) in [5.41, 5.74) is 2.36. The lowest BCUT2D eigenvalue weighted by atomic mass is 9.78. The Morgan fingerprint density at radius 3 is 2.47 bits per heavy atom. The van der Waals surface area contributed by atoms with Gasteiger partial charge in [-0.15, -0.1) is 0 Å². The summed E-state index contributed by atoms with van der Waals surface area (Å²) in [5.74, 6) is 0.916. The van der Waals surface area contributed by atoms with Gasteiger partial charge < -0.3 is 10.0 Å². The second-order valence-corrected chi connectivity index (χ2v) is 6.22. The van der Waals surface area contributed by atoms with Crippen LogP contribution >= 0.6 is 0 Å². The molecular formula is C17H25NO. The molecule has 2 aliphatic rings. The summed E-state index contributed by atoms with van der Waals surface area (Å²) < 4.78 is 0. The Morgan fingerprint density at radius 1 is 1.05 bits per heavy atom. The third kappa shape index (κ3) is 2.64. The highest BCUT2D eigenvalue weighted by Gasteiger charge is 2.33. The van der Waals surface area contributed by atoms with Crippen LogP contribution in [0.1, 0.15) is 57.1 Å². The molecule has 104 valence electrons. The van der Waals surface area contributed by atoms with Crippen LogP contribution in [-0.2, 0) is 0 Å². The van der Waals surface area contributed by atoms with E-state index in [1.165, 1.54) is 50.8 Å². The molecule has 0 bridgehead atoms. The van der Waals surface area contributed by atoms with Crippen LogP contribution in [0.2, 0.25) is 0 Å². The van der Waals surface area contributed by atoms with Crippen molar-refractivity contribution in [2.45, 2.75) is 57.6 Å². The van der Waals surface area contributed by atoms with E-state index >= 15 is 0 Å². The summed E-state index contributed by atoms with van der Waals surface area (Å²) in [7, 11) is 0. The first-order chi connectivity index (χ1) is 9.25. The van der Waals surface area contributed by atoms with Gasteiger partial charge in [-0.1, -0.05) is 25.0 Å². The average molecular weight is 259 g/mol. The standard InChI is InChI=1S/C17H25NO/c1-13(19)14-8-10-16(11-9-14)18-12-4-6-15-5-2-3-7-17(15)18/h8-11,13,15,17,19H,2-7,12H2,1H3/t13-,15?,17?/m1/s1. The van der Waals surface area contributed by atoms with E-state index < -0.39 is 0 Å². The number of hydrogen-bond acceptors (Lipinski definition) is 2. The van der Waals surface area contributed by atoms with Crippen LogP contribution in [0.5, 0.6) is 0 Å². The maximum Gasteiger partial charge on any atom is 0.0761 e. The molecule has 0 amide bonds. The smallest absolute Gasteiger partial charge is 0.0761 e. The summed E-state index contributed by atoms with van der Waals surface area (Å²) in [6, 6.07) is 9.30. The highest BCUT2D eigenvalue weighted by molar-refractivity contribution is 5.49. The zero-order chi connectivity index (χ0) is 13.2. The van der Waals surface area contributed by atoms with Crippen molar-refractivity contribution in [3.63, 3.8) is 0 Å². The normalized spacial score (nSPS) is 28.8. The van der Waals surface area contributed by atoms with Crippen LogP contribution in [0.3, 0.4) is 0 Å². The first-order valence-corrected chi connectivity index (χ1v) is 7.80. The van der Waals surface area contributed by atoms with Crippen molar-refractivity contribution >= 4 is 5.69 Å². The highest BCUT2D eigenvalue weighted by atomic mass is 16.3. The van der Waals surface area contributed by atoms with Gasteiger partial charge in [-0.05, 0) is 56.2 Å². The zero-order valence-electron chi connectivity index (χ0n) is 11.9. The van der Waals surface area contributed by atoms with Crippen molar-refractivity contribution in [1.29, 1.82) is 0 Å². The number of hydrogen-bond donors (Lipinski definition) is 1. The van der Waals surface area contributed by atoms with Crippen LogP contribution in [0.25, 0.3) is 0 Å². The molecule has 2 fully saturated rings. The van der Waals surface area contributed by atoms with E-state index in [4.69, 9.17) is 0 Å². The van der Waals surface area contributed by atoms with Crippen LogP contribution in [-0.4, -0.2) is 17.7 Å². The van der Waals surface area contributed by atoms with Gasteiger partial charge >= 0.3 is 0 Å². The van der Waals surface area contributed by atoms with Crippen molar-refractivity contribution in [2.75, 3.05) is 11.4 Å². The van der Waals surface area contributed by atoms with Crippen molar-refractivity contribution in [1.82, 2.24) is 0 Å². The fraction of sp³-hybridized carbons (Fsp3) is 0.647. The van der Waals surface area contributed by atoms with Crippen molar-refractivity contribution in [3.05, 3.63) is 29.8 Å². The Morgan fingerprint density at radius 2 is 1.74 bits per heavy atom. The van der Waals surface area contributed by atoms with E-state index in [0.717, 1.165) is 17.5 Å². The molecule has 1 saturated heterocycles. The Balaban J connectivity index is 1.79. The van der Waals surface area contributed by atoms with E-state index in [2.05, 4.69) is 29.2 Å². The van der Waals surface area contributed by atoms with Crippen LogP contribution in [0, 0.1) is 5.92 Å². The monoisotopic (exact) mass is 259 g/mol. The second-order valence-electron chi connectivity index (χ2n) is 6.22. The van der Waals surface area contributed by atoms with Crippen LogP contribution < -0.4 is 4.90 Å². The molecule has 1 heterocycles. The van der Waals surface area contributed by atoms with Gasteiger partial charge in [0.25, 0.3) is 0 Å². The number of aliphatic hydroxyl groups is 1. The van der Waals surface area contributed by atoms with Crippen LogP contribution in [0.15, 0.2) is 24.3 Å². The van der Waals surface area contributed by atoms with Gasteiger partial charge in [-0.3, -0.25) is 0 Å². The van der Waals surface area contributed by atoms with E-state index in [0.29, 0.717) is 0 Å². The molecule has 3 atom stereocenters. The molecule has 0 aromatic heterocycles. The first kappa shape index (κ1) is 13.0. The maximum absolute atomic E-state index is 9.60. The summed E-state index contributed by atoms with van der Waals surface area (Å²) in [4.78, 5) is 2.62. The number of fused-ring (bicyclic) bond motifs is 1. The van der Waals surface area contributed by atoms with Crippen molar-refractivity contribution in [3.8, 4) is 0 Å². The van der Waals surface area contributed by atoms with Crippen molar-refractivity contribution < 1.29 is 5.11 Å². The molecule has 2 heteroatoms. The molecular weight excluding hydrogens is 234 g/mol. The second kappa shape index (κ2) is 5.54. The SMILES string of the molecule is C[C@@H](O)c1ccc(N2CCCC3CCCCC32)cc1. The maximum atomic E-state index is 9.60. The summed E-state index contributed by atoms with van der Waals surface area (Å²) in [5, 5.41) is 9.60. The summed E-state index contributed by atoms with van der Waals surface area (Å²) in [6.07, 6.45) is 8.00. The Labute approximate surface area is 116 Å². The van der Waals surface area contributed by atoms with Crippen molar-refractivity contribution in [2.24, 2.45) is 5.92 Å². The zero-order valence-corrected chi connectivity index (χ0v) is 11.9. The van der Waals surface area contributed by atoms with Crippen LogP contribution in [0.4, 0.5) is 5.69 Å². The molecule has 1 N–H and O–H groups in total. The molecule has 2 unspecified atom stereocenters. The quantitative estimate of drug-likeness (QED) is 0.870. The van der Waals surface area contributed by atoms with E-state index in [1.807, 2.05) is 6.92 Å². The van der Waals surface area contributed by atoms with Gasteiger partial charge in [-0.2, -0.15) is 0 Å². The van der Waals surface area contributed by atoms with Gasteiger partial charge in [0.1, 0.15) is 0 Å². The predicted octanol–water partition coefficient (Wildman–Crippen LogP) is 3.90. The summed E-state index contributed by atoms with van der Waals surface area (Å²) in [6.45, 7) is 3.03. The third-order valence-electron chi connectivity index (χ3n) is 4.95. The van der Waals surface area contributed by atoms with Gasteiger partial charge in [0.05, 0.1) is 6.10 Å². The van der Waals surface area contributed by atoms with E-state index in [1.54, 1.807) is 0 Å². The minimum absolute atomic E-state index is 0.363. The van der Waals surface area contributed by atoms with Gasteiger partial charge in [0.2, 0.25) is 0 Å². The minimum Gasteiger partial charge on any atom is -0.389 e. The van der Waals surface area contributed by atoms with E-state index in [9.17, 15) is 5.11 Å². The largest absolute Gasteiger partial charge is 0.389 e. The fourth-order valence-electron chi connectivity index (χ4n) is 3.89. The van der Waals surface area contributed by atoms with Gasteiger partial charge in [0, 0.05) is 18.3 Å². The molecule has 1 saturated carbocycles. The molecule has 1 aliphatic heterocycles. The molecule has 1 aromatic rings. The molecule has 19 heavy (non-hydrogen) atoms. The van der Waals surface area contributed by atoms with E-state index in [-0.39, 0.29) is 6.10 Å². The lowest BCUT2D eigenvalue weighted by Gasteiger charge is -2.45. The molecule has 3 rings (SSSR count). The Bertz CT molecular complexity index is 410. The minimum atomic E-state index is -0.363. The predicted molar refractivity (Wildman–Crippen MR) is 79.4 cm³/mol. The number of aliphatic hydroxyl groups excluding tert-OH is 1. The molecule has 2 nitrogen and oxygen atoms in total. The number of rotatable bonds is 2. The lowest BCUT2D eigenvalue weighted by Crippen LogP contribution is -2.46. The topological polar surface area (TPSA) is 23.5 Å². The van der Waals surface area contributed by atoms with Gasteiger partial charge in [-0.25, -0.2) is 0 Å². The fourth-order valence-corrected chi connectivity index (χ4v) is 3.89. The molecule has 0 radical (unpaired) electrons. The average Bonchev–Trinajstić information content (AvgIpc) is 2.47. The summed E-state index contributed by atoms with van der Waals surface area (Å²) >= 11 is 0. The number of piperidine rings is 1. The number of benzene rings is 1. The Kier molecular flexibility index (Phi) is 3.79. The Hall–Kier alpha value is -1.02. The molecule has 1 aromatic carbocycles.